The molecule has 0 N–H and O–H groups in total. The molecule has 0 bridgehead atoms. The molecular formula is C26H24O4. The molecule has 30 heavy (non-hydrogen) atoms. The highest BCUT2D eigenvalue weighted by Gasteiger charge is 2.14. The molecule has 152 valence electrons. The summed E-state index contributed by atoms with van der Waals surface area (Å²) in [6, 6.07) is 19.3. The predicted molar refractivity (Wildman–Crippen MR) is 119 cm³/mol. The van der Waals surface area contributed by atoms with Gasteiger partial charge in [-0.1, -0.05) is 35.9 Å². The van der Waals surface area contributed by atoms with Gasteiger partial charge in [0.2, 0.25) is 0 Å². The van der Waals surface area contributed by atoms with E-state index >= 15 is 0 Å². The van der Waals surface area contributed by atoms with Crippen LogP contribution in [0, 0.1) is 20.8 Å². The van der Waals surface area contributed by atoms with E-state index in [9.17, 15) is 4.79 Å². The summed E-state index contributed by atoms with van der Waals surface area (Å²) < 4.78 is 16.9. The van der Waals surface area contributed by atoms with Crippen LogP contribution in [0.5, 0.6) is 11.5 Å². The summed E-state index contributed by atoms with van der Waals surface area (Å²) in [7, 11) is 1.62. The average molecular weight is 400 g/mol. The number of ether oxygens (including phenoxy) is 2. The Hall–Kier alpha value is -3.53. The van der Waals surface area contributed by atoms with Gasteiger partial charge in [0, 0.05) is 5.39 Å². The number of fused-ring (bicyclic) bond motifs is 1. The molecule has 4 nitrogen and oxygen atoms in total. The van der Waals surface area contributed by atoms with Gasteiger partial charge in [-0.05, 0) is 73.4 Å². The Bertz CT molecular complexity index is 1270. The average Bonchev–Trinajstić information content (AvgIpc) is 2.75. The second-order valence-corrected chi connectivity index (χ2v) is 7.49. The molecule has 0 aliphatic heterocycles. The van der Waals surface area contributed by atoms with E-state index in [0.29, 0.717) is 17.8 Å². The van der Waals surface area contributed by atoms with Crippen molar-refractivity contribution >= 4 is 11.0 Å². The van der Waals surface area contributed by atoms with Crippen LogP contribution in [-0.2, 0) is 6.61 Å². The van der Waals surface area contributed by atoms with E-state index < -0.39 is 0 Å². The molecule has 1 aromatic heterocycles. The zero-order valence-electron chi connectivity index (χ0n) is 17.6. The van der Waals surface area contributed by atoms with Gasteiger partial charge < -0.3 is 13.9 Å². The highest BCUT2D eigenvalue weighted by atomic mass is 16.5. The lowest BCUT2D eigenvalue weighted by Gasteiger charge is -2.12. The van der Waals surface area contributed by atoms with Gasteiger partial charge >= 0.3 is 5.63 Å². The molecule has 0 saturated carbocycles. The molecule has 0 radical (unpaired) electrons. The Kier molecular flexibility index (Phi) is 5.32. The predicted octanol–water partition coefficient (Wildman–Crippen LogP) is 5.97. The Balaban J connectivity index is 1.71. The van der Waals surface area contributed by atoms with Crippen LogP contribution in [0.1, 0.15) is 22.3 Å². The van der Waals surface area contributed by atoms with Crippen molar-refractivity contribution < 1.29 is 13.9 Å². The lowest BCUT2D eigenvalue weighted by Crippen LogP contribution is -2.06. The van der Waals surface area contributed by atoms with Crippen molar-refractivity contribution in [1.82, 2.24) is 0 Å². The third-order valence-corrected chi connectivity index (χ3v) is 5.41. The molecule has 0 saturated heterocycles. The second-order valence-electron chi connectivity index (χ2n) is 7.49. The highest BCUT2D eigenvalue weighted by molar-refractivity contribution is 5.87. The van der Waals surface area contributed by atoms with E-state index in [1.165, 1.54) is 11.1 Å². The number of rotatable bonds is 5. The molecule has 0 aliphatic carbocycles. The van der Waals surface area contributed by atoms with E-state index in [4.69, 9.17) is 13.9 Å². The SMILES string of the molecule is COc1ccc(-c2c(C)c3cc(OCc4cc(C)ccc4C)ccc3oc2=O)cc1. The molecule has 0 unspecified atom stereocenters. The van der Waals surface area contributed by atoms with Crippen molar-refractivity contribution in [3.05, 3.63) is 93.3 Å². The molecule has 4 rings (SSSR count). The number of hydrogen-bond acceptors (Lipinski definition) is 4. The first-order valence-electron chi connectivity index (χ1n) is 9.87. The van der Waals surface area contributed by atoms with Gasteiger partial charge in [-0.2, -0.15) is 0 Å². The maximum Gasteiger partial charge on any atom is 0.344 e. The van der Waals surface area contributed by atoms with Crippen LogP contribution in [0.25, 0.3) is 22.1 Å². The molecule has 0 amide bonds. The lowest BCUT2D eigenvalue weighted by molar-refractivity contribution is 0.305. The molecule has 4 aromatic rings. The van der Waals surface area contributed by atoms with Gasteiger partial charge in [0.25, 0.3) is 0 Å². The molecule has 3 aromatic carbocycles. The summed E-state index contributed by atoms with van der Waals surface area (Å²) >= 11 is 0. The first-order valence-corrected chi connectivity index (χ1v) is 9.87. The summed E-state index contributed by atoms with van der Waals surface area (Å²) in [5.41, 5.74) is 5.98. The molecule has 0 aliphatic rings. The van der Waals surface area contributed by atoms with Crippen molar-refractivity contribution in [2.45, 2.75) is 27.4 Å². The first-order chi connectivity index (χ1) is 14.5. The Labute approximate surface area is 175 Å². The number of aryl methyl sites for hydroxylation is 3. The fraction of sp³-hybridized carbons (Fsp3) is 0.192. The van der Waals surface area contributed by atoms with Crippen LogP contribution in [0.15, 0.2) is 69.9 Å². The van der Waals surface area contributed by atoms with Gasteiger partial charge in [-0.15, -0.1) is 0 Å². The van der Waals surface area contributed by atoms with Gasteiger partial charge in [0.1, 0.15) is 23.7 Å². The Morgan fingerprint density at radius 3 is 2.33 bits per heavy atom. The van der Waals surface area contributed by atoms with Crippen molar-refractivity contribution in [3.63, 3.8) is 0 Å². The molecule has 4 heteroatoms. The third kappa shape index (κ3) is 3.81. The topological polar surface area (TPSA) is 48.7 Å². The van der Waals surface area contributed by atoms with Crippen molar-refractivity contribution in [2.24, 2.45) is 0 Å². The number of methoxy groups -OCH3 is 1. The summed E-state index contributed by atoms with van der Waals surface area (Å²) in [6.07, 6.45) is 0. The van der Waals surface area contributed by atoms with Crippen molar-refractivity contribution in [1.29, 1.82) is 0 Å². The summed E-state index contributed by atoms with van der Waals surface area (Å²) in [4.78, 5) is 12.6. The van der Waals surface area contributed by atoms with E-state index in [2.05, 4.69) is 32.0 Å². The fourth-order valence-corrected chi connectivity index (χ4v) is 3.63. The summed E-state index contributed by atoms with van der Waals surface area (Å²) in [5.74, 6) is 1.48. The zero-order valence-corrected chi connectivity index (χ0v) is 17.6. The third-order valence-electron chi connectivity index (χ3n) is 5.41. The molecular weight excluding hydrogens is 376 g/mol. The standard InChI is InChI=1S/C26H24O4/c1-16-5-6-17(2)20(13-16)15-29-22-11-12-24-23(14-22)18(3)25(26(27)30-24)19-7-9-21(28-4)10-8-19/h5-14H,15H2,1-4H3. The van der Waals surface area contributed by atoms with Crippen LogP contribution >= 0.6 is 0 Å². The van der Waals surface area contributed by atoms with Crippen molar-refractivity contribution in [3.8, 4) is 22.6 Å². The quantitative estimate of drug-likeness (QED) is 0.387. The van der Waals surface area contributed by atoms with E-state index in [1.54, 1.807) is 13.2 Å². The zero-order chi connectivity index (χ0) is 21.3. The molecule has 0 fully saturated rings. The normalized spacial score (nSPS) is 10.9. The maximum absolute atomic E-state index is 12.6. The van der Waals surface area contributed by atoms with Crippen LogP contribution in [-0.4, -0.2) is 7.11 Å². The monoisotopic (exact) mass is 400 g/mol. The van der Waals surface area contributed by atoms with Gasteiger partial charge in [0.15, 0.2) is 0 Å². The minimum Gasteiger partial charge on any atom is -0.497 e. The smallest absolute Gasteiger partial charge is 0.344 e. The minimum absolute atomic E-state index is 0.353. The highest BCUT2D eigenvalue weighted by Crippen LogP contribution is 2.30. The molecule has 0 spiro atoms. The minimum atomic E-state index is -0.353. The van der Waals surface area contributed by atoms with Crippen LogP contribution < -0.4 is 15.1 Å². The Morgan fingerprint density at radius 1 is 0.867 bits per heavy atom. The van der Waals surface area contributed by atoms with E-state index in [-0.39, 0.29) is 5.63 Å². The Morgan fingerprint density at radius 2 is 1.60 bits per heavy atom. The summed E-state index contributed by atoms with van der Waals surface area (Å²) in [5, 5.41) is 0.860. The maximum atomic E-state index is 12.6. The van der Waals surface area contributed by atoms with Gasteiger partial charge in [-0.3, -0.25) is 0 Å². The van der Waals surface area contributed by atoms with Crippen LogP contribution in [0.4, 0.5) is 0 Å². The lowest BCUT2D eigenvalue weighted by atomic mass is 9.99. The van der Waals surface area contributed by atoms with Crippen molar-refractivity contribution in [2.75, 3.05) is 7.11 Å². The van der Waals surface area contributed by atoms with Gasteiger partial charge in [-0.25, -0.2) is 4.79 Å². The molecule has 1 heterocycles. The van der Waals surface area contributed by atoms with E-state index in [0.717, 1.165) is 33.6 Å². The number of hydrogen-bond donors (Lipinski definition) is 0. The summed E-state index contributed by atoms with van der Waals surface area (Å²) in [6.45, 7) is 6.58. The van der Waals surface area contributed by atoms with E-state index in [1.807, 2.05) is 43.3 Å². The second kappa shape index (κ2) is 8.07. The number of benzene rings is 3. The molecule has 0 atom stereocenters. The fourth-order valence-electron chi connectivity index (χ4n) is 3.63. The van der Waals surface area contributed by atoms with Crippen LogP contribution in [0.2, 0.25) is 0 Å². The first kappa shape index (κ1) is 19.8. The largest absolute Gasteiger partial charge is 0.497 e. The van der Waals surface area contributed by atoms with Crippen LogP contribution in [0.3, 0.4) is 0 Å². The van der Waals surface area contributed by atoms with Gasteiger partial charge in [0.05, 0.1) is 12.7 Å².